The van der Waals surface area contributed by atoms with E-state index in [4.69, 9.17) is 38.6 Å². The van der Waals surface area contributed by atoms with Crippen LogP contribution in [0.2, 0.25) is 0 Å². The van der Waals surface area contributed by atoms with E-state index < -0.39 is 17.5 Å². The van der Waals surface area contributed by atoms with Gasteiger partial charge in [0.1, 0.15) is 24.1 Å². The van der Waals surface area contributed by atoms with Crippen molar-refractivity contribution in [3.05, 3.63) is 25.8 Å². The topological polar surface area (TPSA) is 65.0 Å². The molecule has 5 nitrogen and oxygen atoms in total. The quantitative estimate of drug-likeness (QED) is 0.264. The van der Waals surface area contributed by atoms with Gasteiger partial charge in [0.15, 0.2) is 0 Å². The summed E-state index contributed by atoms with van der Waals surface area (Å²) >= 11 is 16.3. The van der Waals surface area contributed by atoms with E-state index in [1.807, 2.05) is 34.6 Å². The Bertz CT molecular complexity index is 1100. The summed E-state index contributed by atoms with van der Waals surface area (Å²) in [5.41, 5.74) is -0.553. The molecule has 3 atom stereocenters. The third kappa shape index (κ3) is 6.67. The van der Waals surface area contributed by atoms with Crippen molar-refractivity contribution in [1.29, 1.82) is 0 Å². The van der Waals surface area contributed by atoms with Crippen molar-refractivity contribution < 1.29 is 24.1 Å². The zero-order valence-electron chi connectivity index (χ0n) is 21.1. The SMILES string of the molecule is CCOC(C)C(=O)c1sc(=S)sc1C(C)(C)C.CCOC(C)C1(O)OC(C)(C)c2sc(=S)sc21. The molecule has 0 aromatic carbocycles. The van der Waals surface area contributed by atoms with Crippen molar-refractivity contribution in [3.8, 4) is 0 Å². The molecule has 192 valence electrons. The van der Waals surface area contributed by atoms with Crippen LogP contribution in [0.3, 0.4) is 0 Å². The van der Waals surface area contributed by atoms with E-state index >= 15 is 0 Å². The van der Waals surface area contributed by atoms with Gasteiger partial charge in [-0.1, -0.05) is 45.2 Å². The average molecular weight is 583 g/mol. The van der Waals surface area contributed by atoms with Crippen LogP contribution in [0.25, 0.3) is 0 Å². The van der Waals surface area contributed by atoms with Crippen molar-refractivity contribution in [3.63, 3.8) is 0 Å². The van der Waals surface area contributed by atoms with Crippen molar-refractivity contribution in [2.24, 2.45) is 0 Å². The summed E-state index contributed by atoms with van der Waals surface area (Å²) in [6.07, 6.45) is -0.797. The second-order valence-electron chi connectivity index (χ2n) is 9.34. The van der Waals surface area contributed by atoms with Crippen LogP contribution in [0, 0.1) is 6.28 Å². The average Bonchev–Trinajstić information content (AvgIpc) is 3.35. The summed E-state index contributed by atoms with van der Waals surface area (Å²) in [5.74, 6) is -1.32. The van der Waals surface area contributed by atoms with Gasteiger partial charge in [-0.05, 0) is 47.0 Å². The van der Waals surface area contributed by atoms with Crippen LogP contribution < -0.4 is 0 Å². The van der Waals surface area contributed by atoms with Crippen LogP contribution in [-0.2, 0) is 31.0 Å². The molecule has 0 fully saturated rings. The molecule has 1 N–H and O–H groups in total. The molecular formula is C23H34O5S6. The summed E-state index contributed by atoms with van der Waals surface area (Å²) < 4.78 is 18.3. The predicted molar refractivity (Wildman–Crippen MR) is 149 cm³/mol. The van der Waals surface area contributed by atoms with E-state index in [2.05, 4.69) is 20.8 Å². The Morgan fingerprint density at radius 3 is 2.06 bits per heavy atom. The first kappa shape index (κ1) is 30.3. The van der Waals surface area contributed by atoms with E-state index in [-0.39, 0.29) is 17.3 Å². The highest BCUT2D eigenvalue weighted by molar-refractivity contribution is 7.76. The number of ether oxygens (including phenoxy) is 3. The number of ketones is 1. The van der Waals surface area contributed by atoms with Crippen LogP contribution in [0.15, 0.2) is 0 Å². The number of hydrogen-bond donors (Lipinski definition) is 1. The number of fused-ring (bicyclic) bond motifs is 1. The fourth-order valence-corrected chi connectivity index (χ4v) is 9.35. The van der Waals surface area contributed by atoms with Crippen LogP contribution in [-0.4, -0.2) is 36.3 Å². The predicted octanol–water partition coefficient (Wildman–Crippen LogP) is 7.82. The van der Waals surface area contributed by atoms with Crippen LogP contribution in [0.5, 0.6) is 0 Å². The lowest BCUT2D eigenvalue weighted by Crippen LogP contribution is -2.40. The Kier molecular flexibility index (Phi) is 10.3. The summed E-state index contributed by atoms with van der Waals surface area (Å²) in [7, 11) is 0. The molecule has 0 bridgehead atoms. The van der Waals surface area contributed by atoms with E-state index in [9.17, 15) is 9.90 Å². The second-order valence-corrected chi connectivity index (χ2v) is 15.8. The summed E-state index contributed by atoms with van der Waals surface area (Å²) in [4.78, 5) is 15.9. The maximum atomic E-state index is 12.3. The normalized spacial score (nSPS) is 20.9. The van der Waals surface area contributed by atoms with E-state index in [1.54, 1.807) is 18.3 Å². The van der Waals surface area contributed by atoms with Crippen LogP contribution in [0.1, 0.15) is 86.6 Å². The van der Waals surface area contributed by atoms with Gasteiger partial charge >= 0.3 is 0 Å². The van der Waals surface area contributed by atoms with Crippen molar-refractivity contribution in [2.45, 2.75) is 91.3 Å². The fraction of sp³-hybridized carbons (Fsp3) is 0.696. The third-order valence-electron chi connectivity index (χ3n) is 5.10. The van der Waals surface area contributed by atoms with E-state index in [0.29, 0.717) is 13.2 Å². The van der Waals surface area contributed by atoms with Crippen molar-refractivity contribution in [1.82, 2.24) is 0 Å². The summed E-state index contributed by atoms with van der Waals surface area (Å²) in [5, 5.41) is 10.7. The van der Waals surface area contributed by atoms with Gasteiger partial charge in [-0.2, -0.15) is 0 Å². The molecule has 0 saturated heterocycles. The van der Waals surface area contributed by atoms with E-state index in [0.717, 1.165) is 25.8 Å². The molecule has 1 aliphatic heterocycles. The zero-order chi connectivity index (χ0) is 26.1. The second kappa shape index (κ2) is 11.6. The maximum Gasteiger partial charge on any atom is 0.230 e. The molecule has 2 aromatic rings. The van der Waals surface area contributed by atoms with Gasteiger partial charge in [0.2, 0.25) is 11.6 Å². The van der Waals surface area contributed by atoms with Gasteiger partial charge in [-0.15, -0.1) is 45.3 Å². The molecule has 3 heterocycles. The van der Waals surface area contributed by atoms with Gasteiger partial charge in [-0.25, -0.2) is 0 Å². The zero-order valence-corrected chi connectivity index (χ0v) is 26.0. The van der Waals surface area contributed by atoms with E-state index in [1.165, 1.54) is 34.0 Å². The van der Waals surface area contributed by atoms with Crippen LogP contribution >= 0.6 is 69.8 Å². The molecule has 3 unspecified atom stereocenters. The molecule has 11 heteroatoms. The smallest absolute Gasteiger partial charge is 0.230 e. The summed E-state index contributed by atoms with van der Waals surface area (Å²) in [6.45, 7) is 18.7. The molecule has 1 aliphatic rings. The highest BCUT2D eigenvalue weighted by atomic mass is 32.2. The fourth-order valence-electron chi connectivity index (χ4n) is 3.47. The molecule has 3 rings (SSSR count). The van der Waals surface area contributed by atoms with Gasteiger partial charge in [-0.3, -0.25) is 4.79 Å². The van der Waals surface area contributed by atoms with Crippen LogP contribution in [0.4, 0.5) is 0 Å². The van der Waals surface area contributed by atoms with Gasteiger partial charge in [0.05, 0.1) is 14.6 Å². The standard InChI is InChI=1S/C12H18O2S3.C11H16O3S3/c1-6-14-7(2)8(13)9-10(12(3,4)5)17-11(15)16-9;1-5-13-6(2)11(12)8-7(10(3,4)14-11)16-9(15)17-8/h7H,6H2,1-5H3;6,12H,5H2,1-4H3. The molecule has 2 aromatic heterocycles. The lowest BCUT2D eigenvalue weighted by molar-refractivity contribution is -0.296. The highest BCUT2D eigenvalue weighted by Gasteiger charge is 2.54. The minimum atomic E-state index is -1.37. The summed E-state index contributed by atoms with van der Waals surface area (Å²) in [6, 6.07) is 0. The Balaban J connectivity index is 0.000000240. The first-order valence-corrected chi connectivity index (χ1v) is 15.2. The Hall–Kier alpha value is 0.0500. The lowest BCUT2D eigenvalue weighted by Gasteiger charge is -2.31. The number of rotatable bonds is 7. The van der Waals surface area contributed by atoms with Gasteiger partial charge in [0, 0.05) is 18.1 Å². The molecule has 0 amide bonds. The first-order valence-electron chi connectivity index (χ1n) is 11.1. The first-order chi connectivity index (χ1) is 15.6. The number of carbonyl (C=O) groups is 1. The largest absolute Gasteiger partial charge is 0.373 e. The highest BCUT2D eigenvalue weighted by Crippen LogP contribution is 2.52. The third-order valence-corrected chi connectivity index (χ3v) is 11.3. The monoisotopic (exact) mass is 582 g/mol. The van der Waals surface area contributed by atoms with Crippen molar-refractivity contribution >= 4 is 75.6 Å². The molecule has 0 spiro atoms. The Labute approximate surface area is 228 Å². The number of aliphatic hydroxyl groups is 1. The molecule has 0 aliphatic carbocycles. The number of hydrogen-bond acceptors (Lipinski definition) is 11. The molecule has 34 heavy (non-hydrogen) atoms. The molecule has 0 radical (unpaired) electrons. The molecule has 0 saturated carbocycles. The van der Waals surface area contributed by atoms with Crippen molar-refractivity contribution in [2.75, 3.05) is 13.2 Å². The van der Waals surface area contributed by atoms with Gasteiger partial charge < -0.3 is 19.3 Å². The van der Waals surface area contributed by atoms with Gasteiger partial charge in [0.25, 0.3) is 0 Å². The minimum Gasteiger partial charge on any atom is -0.373 e. The minimum absolute atomic E-state index is 0.0465. The maximum absolute atomic E-state index is 12.3. The Morgan fingerprint density at radius 1 is 1.00 bits per heavy atom. The number of carbonyl (C=O) groups excluding carboxylic acids is 1. The Morgan fingerprint density at radius 2 is 1.53 bits per heavy atom. The lowest BCUT2D eigenvalue weighted by atomic mass is 9.93. The molecular weight excluding hydrogens is 549 g/mol. The number of Topliss-reactive ketones (excluding diaryl/α,β-unsaturated/α-hetero) is 1.